The molecule has 0 bridgehead atoms. The van der Waals surface area contributed by atoms with E-state index in [2.05, 4.69) is 0 Å². The molecule has 0 fully saturated rings. The lowest BCUT2D eigenvalue weighted by Crippen LogP contribution is -2.13. The van der Waals surface area contributed by atoms with Gasteiger partial charge in [-0.25, -0.2) is 4.79 Å². The first-order chi connectivity index (χ1) is 8.93. The SMILES string of the molecule is Cc1cc(C(=O)O)cc2c1C(F)(F)c1ccccc1-2. The zero-order valence-electron chi connectivity index (χ0n) is 10.1. The number of alkyl halides is 2. The summed E-state index contributed by atoms with van der Waals surface area (Å²) in [6, 6.07) is 8.83. The Morgan fingerprint density at radius 2 is 1.84 bits per heavy atom. The lowest BCUT2D eigenvalue weighted by Gasteiger charge is -2.14. The molecule has 3 rings (SSSR count). The summed E-state index contributed by atoms with van der Waals surface area (Å²) in [5, 5.41) is 9.03. The van der Waals surface area contributed by atoms with Gasteiger partial charge >= 0.3 is 5.97 Å². The molecule has 0 amide bonds. The van der Waals surface area contributed by atoms with Gasteiger partial charge in [-0.2, -0.15) is 8.78 Å². The second kappa shape index (κ2) is 3.63. The molecule has 0 spiro atoms. The van der Waals surface area contributed by atoms with Crippen molar-refractivity contribution in [2.45, 2.75) is 12.8 Å². The monoisotopic (exact) mass is 260 g/mol. The Labute approximate surface area is 108 Å². The van der Waals surface area contributed by atoms with Gasteiger partial charge in [-0.15, -0.1) is 0 Å². The Morgan fingerprint density at radius 3 is 2.53 bits per heavy atom. The molecule has 2 nitrogen and oxygen atoms in total. The third-order valence-electron chi connectivity index (χ3n) is 3.45. The van der Waals surface area contributed by atoms with E-state index in [-0.39, 0.29) is 16.7 Å². The van der Waals surface area contributed by atoms with E-state index in [1.807, 2.05) is 0 Å². The van der Waals surface area contributed by atoms with Crippen LogP contribution in [0, 0.1) is 6.92 Å². The molecule has 0 aromatic heterocycles. The summed E-state index contributed by atoms with van der Waals surface area (Å²) < 4.78 is 28.8. The van der Waals surface area contributed by atoms with E-state index < -0.39 is 11.9 Å². The molecule has 96 valence electrons. The lowest BCUT2D eigenvalue weighted by molar-refractivity contribution is 0.0472. The topological polar surface area (TPSA) is 37.3 Å². The molecule has 1 aliphatic rings. The van der Waals surface area contributed by atoms with E-state index in [4.69, 9.17) is 5.11 Å². The first-order valence-electron chi connectivity index (χ1n) is 5.79. The summed E-state index contributed by atoms with van der Waals surface area (Å²) in [5.74, 6) is -4.17. The van der Waals surface area contributed by atoms with Gasteiger partial charge in [0.05, 0.1) is 5.56 Å². The first kappa shape index (κ1) is 11.8. The molecule has 4 heteroatoms. The van der Waals surface area contributed by atoms with Crippen molar-refractivity contribution in [1.29, 1.82) is 0 Å². The molecule has 0 atom stereocenters. The van der Waals surface area contributed by atoms with Crippen LogP contribution in [-0.2, 0) is 5.92 Å². The number of carboxylic acids is 1. The number of rotatable bonds is 1. The van der Waals surface area contributed by atoms with Gasteiger partial charge in [-0.3, -0.25) is 0 Å². The molecule has 0 radical (unpaired) electrons. The van der Waals surface area contributed by atoms with E-state index in [1.165, 1.54) is 25.1 Å². The van der Waals surface area contributed by atoms with Crippen molar-refractivity contribution >= 4 is 5.97 Å². The van der Waals surface area contributed by atoms with Crippen LogP contribution >= 0.6 is 0 Å². The molecule has 19 heavy (non-hydrogen) atoms. The smallest absolute Gasteiger partial charge is 0.335 e. The summed E-state index contributed by atoms with van der Waals surface area (Å²) in [6.45, 7) is 1.52. The van der Waals surface area contributed by atoms with Gasteiger partial charge in [0, 0.05) is 11.1 Å². The van der Waals surface area contributed by atoms with Crippen molar-refractivity contribution in [1.82, 2.24) is 0 Å². The standard InChI is InChI=1S/C15H10F2O2/c1-8-6-9(14(18)19)7-11-10-4-2-3-5-12(10)15(16,17)13(8)11/h2-7H,1H3,(H,18,19). The van der Waals surface area contributed by atoms with Crippen LogP contribution in [0.25, 0.3) is 11.1 Å². The minimum absolute atomic E-state index is 0.0313. The number of carboxylic acid groups (broad SMARTS) is 1. The molecule has 0 unspecified atom stereocenters. The third kappa shape index (κ3) is 1.49. The molecule has 0 saturated carbocycles. The Morgan fingerprint density at radius 1 is 1.16 bits per heavy atom. The van der Waals surface area contributed by atoms with E-state index in [0.717, 1.165) is 0 Å². The molecule has 1 aliphatic carbocycles. The zero-order valence-corrected chi connectivity index (χ0v) is 10.1. The predicted octanol–water partition coefficient (Wildman–Crippen LogP) is 3.81. The number of fused-ring (bicyclic) bond motifs is 3. The number of halogens is 2. The Kier molecular flexibility index (Phi) is 2.26. The maximum atomic E-state index is 14.4. The predicted molar refractivity (Wildman–Crippen MR) is 66.6 cm³/mol. The summed E-state index contributed by atoms with van der Waals surface area (Å²) in [7, 11) is 0. The van der Waals surface area contributed by atoms with E-state index in [9.17, 15) is 13.6 Å². The normalized spacial score (nSPS) is 14.9. The molecular formula is C15H10F2O2. The van der Waals surface area contributed by atoms with Gasteiger partial charge in [-0.05, 0) is 35.7 Å². The maximum absolute atomic E-state index is 14.4. The van der Waals surface area contributed by atoms with Gasteiger partial charge in [0.15, 0.2) is 0 Å². The third-order valence-corrected chi connectivity index (χ3v) is 3.45. The number of carbonyl (C=O) groups is 1. The Balaban J connectivity index is 2.39. The first-order valence-corrected chi connectivity index (χ1v) is 5.79. The average molecular weight is 260 g/mol. The van der Waals surface area contributed by atoms with Crippen molar-refractivity contribution in [3.8, 4) is 11.1 Å². The fraction of sp³-hybridized carbons (Fsp3) is 0.133. The molecule has 0 heterocycles. The van der Waals surface area contributed by atoms with E-state index in [0.29, 0.717) is 16.7 Å². The number of benzene rings is 2. The van der Waals surface area contributed by atoms with Crippen molar-refractivity contribution in [2.75, 3.05) is 0 Å². The van der Waals surface area contributed by atoms with Crippen LogP contribution in [0.3, 0.4) is 0 Å². The molecule has 0 aliphatic heterocycles. The summed E-state index contributed by atoms with van der Waals surface area (Å²) >= 11 is 0. The molecule has 0 saturated heterocycles. The van der Waals surface area contributed by atoms with E-state index in [1.54, 1.807) is 18.2 Å². The lowest BCUT2D eigenvalue weighted by atomic mass is 9.97. The summed E-state index contributed by atoms with van der Waals surface area (Å²) in [6.07, 6.45) is 0. The van der Waals surface area contributed by atoms with Crippen molar-refractivity contribution in [3.05, 3.63) is 58.7 Å². The summed E-state index contributed by atoms with van der Waals surface area (Å²) in [4.78, 5) is 11.0. The average Bonchev–Trinajstić information content (AvgIpc) is 2.59. The highest BCUT2D eigenvalue weighted by Gasteiger charge is 2.45. The highest BCUT2D eigenvalue weighted by molar-refractivity contribution is 5.92. The van der Waals surface area contributed by atoms with Gasteiger partial charge in [0.1, 0.15) is 0 Å². The van der Waals surface area contributed by atoms with Crippen LogP contribution in [0.5, 0.6) is 0 Å². The minimum atomic E-state index is -3.06. The number of aromatic carboxylic acids is 1. The van der Waals surface area contributed by atoms with Gasteiger partial charge in [0.2, 0.25) is 0 Å². The van der Waals surface area contributed by atoms with Crippen molar-refractivity contribution in [3.63, 3.8) is 0 Å². The number of hydrogen-bond acceptors (Lipinski definition) is 1. The van der Waals surface area contributed by atoms with Crippen LogP contribution in [-0.4, -0.2) is 11.1 Å². The van der Waals surface area contributed by atoms with Gasteiger partial charge in [-0.1, -0.05) is 24.3 Å². The van der Waals surface area contributed by atoms with Crippen molar-refractivity contribution < 1.29 is 18.7 Å². The number of aryl methyl sites for hydroxylation is 1. The van der Waals surface area contributed by atoms with Gasteiger partial charge < -0.3 is 5.11 Å². The fourth-order valence-electron chi connectivity index (χ4n) is 2.67. The van der Waals surface area contributed by atoms with Crippen LogP contribution in [0.2, 0.25) is 0 Å². The molecule has 2 aromatic rings. The zero-order chi connectivity index (χ0) is 13.8. The van der Waals surface area contributed by atoms with E-state index >= 15 is 0 Å². The second-order valence-electron chi connectivity index (χ2n) is 4.64. The molecule has 1 N–H and O–H groups in total. The second-order valence-corrected chi connectivity index (χ2v) is 4.64. The fourth-order valence-corrected chi connectivity index (χ4v) is 2.67. The van der Waals surface area contributed by atoms with Crippen LogP contribution in [0.15, 0.2) is 36.4 Å². The van der Waals surface area contributed by atoms with Crippen LogP contribution < -0.4 is 0 Å². The molecular weight excluding hydrogens is 250 g/mol. The van der Waals surface area contributed by atoms with Gasteiger partial charge in [0.25, 0.3) is 5.92 Å². The summed E-state index contributed by atoms with van der Waals surface area (Å²) in [5.41, 5.74) is 0.917. The number of hydrogen-bond donors (Lipinski definition) is 1. The largest absolute Gasteiger partial charge is 0.478 e. The highest BCUT2D eigenvalue weighted by atomic mass is 19.3. The minimum Gasteiger partial charge on any atom is -0.478 e. The van der Waals surface area contributed by atoms with Crippen molar-refractivity contribution in [2.24, 2.45) is 0 Å². The highest BCUT2D eigenvalue weighted by Crippen LogP contribution is 2.52. The Bertz CT molecular complexity index is 705. The Hall–Kier alpha value is -2.23. The van der Waals surface area contributed by atoms with Crippen LogP contribution in [0.4, 0.5) is 8.78 Å². The quantitative estimate of drug-likeness (QED) is 0.846. The molecule has 2 aromatic carbocycles. The maximum Gasteiger partial charge on any atom is 0.335 e. The van der Waals surface area contributed by atoms with Crippen LogP contribution in [0.1, 0.15) is 27.0 Å².